The molecule has 5 heteroatoms. The number of rotatable bonds is 3. The molecule has 94 valence electrons. The van der Waals surface area contributed by atoms with E-state index in [0.29, 0.717) is 5.56 Å². The predicted molar refractivity (Wildman–Crippen MR) is 70.3 cm³/mol. The molecular weight excluding hydrogens is 302 g/mol. The molecule has 1 heterocycles. The molecule has 2 rings (SSSR count). The van der Waals surface area contributed by atoms with Crippen LogP contribution in [0.4, 0.5) is 14.5 Å². The number of benzene rings is 1. The number of hydrogen-bond acceptors (Lipinski definition) is 2. The van der Waals surface area contributed by atoms with E-state index in [-0.39, 0.29) is 6.04 Å². The summed E-state index contributed by atoms with van der Waals surface area (Å²) in [5.41, 5.74) is 1.49. The number of aromatic nitrogens is 1. The van der Waals surface area contributed by atoms with E-state index in [0.717, 1.165) is 16.4 Å². The van der Waals surface area contributed by atoms with Gasteiger partial charge in [0.2, 0.25) is 0 Å². The number of nitrogens with one attached hydrogen (secondary N) is 1. The van der Waals surface area contributed by atoms with Gasteiger partial charge in [-0.3, -0.25) is 0 Å². The fourth-order valence-corrected chi connectivity index (χ4v) is 1.81. The largest absolute Gasteiger partial charge is 0.377 e. The number of halogens is 3. The third-order valence-corrected chi connectivity index (χ3v) is 3.02. The Balaban J connectivity index is 2.13. The van der Waals surface area contributed by atoms with Crippen LogP contribution in [0.1, 0.15) is 18.5 Å². The first-order valence-corrected chi connectivity index (χ1v) is 6.18. The molecule has 0 fully saturated rings. The van der Waals surface area contributed by atoms with Crippen molar-refractivity contribution in [1.82, 2.24) is 4.98 Å². The van der Waals surface area contributed by atoms with Crippen LogP contribution in [0.5, 0.6) is 0 Å². The molecule has 1 aromatic heterocycles. The van der Waals surface area contributed by atoms with Crippen molar-refractivity contribution in [3.63, 3.8) is 0 Å². The van der Waals surface area contributed by atoms with Gasteiger partial charge in [-0.15, -0.1) is 0 Å². The van der Waals surface area contributed by atoms with Gasteiger partial charge in [0.1, 0.15) is 4.60 Å². The molecule has 0 radical (unpaired) electrons. The molecule has 2 nitrogen and oxygen atoms in total. The van der Waals surface area contributed by atoms with Crippen LogP contribution in [0.3, 0.4) is 0 Å². The second-order valence-corrected chi connectivity index (χ2v) is 4.72. The van der Waals surface area contributed by atoms with Crippen molar-refractivity contribution in [3.05, 3.63) is 58.3 Å². The third-order valence-electron chi connectivity index (χ3n) is 2.55. The second kappa shape index (κ2) is 5.44. The number of hydrogen-bond donors (Lipinski definition) is 1. The topological polar surface area (TPSA) is 24.9 Å². The molecule has 1 N–H and O–H groups in total. The first-order chi connectivity index (χ1) is 8.56. The molecular formula is C13H11BrF2N2. The molecule has 0 bridgehead atoms. The van der Waals surface area contributed by atoms with Crippen molar-refractivity contribution < 1.29 is 8.78 Å². The molecule has 0 aliphatic rings. The van der Waals surface area contributed by atoms with Crippen molar-refractivity contribution in [2.75, 3.05) is 5.32 Å². The molecule has 0 saturated heterocycles. The summed E-state index contributed by atoms with van der Waals surface area (Å²) in [6.07, 6.45) is 1.67. The maximum atomic E-state index is 13.1. The Morgan fingerprint density at radius 2 is 1.94 bits per heavy atom. The minimum absolute atomic E-state index is 0.136. The van der Waals surface area contributed by atoms with E-state index in [2.05, 4.69) is 26.2 Å². The summed E-state index contributed by atoms with van der Waals surface area (Å²) in [5, 5.41) is 3.16. The zero-order chi connectivity index (χ0) is 13.1. The zero-order valence-corrected chi connectivity index (χ0v) is 11.2. The highest BCUT2D eigenvalue weighted by Gasteiger charge is 2.09. The van der Waals surface area contributed by atoms with Gasteiger partial charge in [-0.2, -0.15) is 0 Å². The summed E-state index contributed by atoms with van der Waals surface area (Å²) in [5.74, 6) is -1.67. The summed E-state index contributed by atoms with van der Waals surface area (Å²) >= 11 is 3.24. The maximum Gasteiger partial charge on any atom is 0.159 e. The normalized spacial score (nSPS) is 12.2. The van der Waals surface area contributed by atoms with Gasteiger partial charge in [0.15, 0.2) is 11.6 Å². The molecule has 1 unspecified atom stereocenters. The van der Waals surface area contributed by atoms with E-state index in [4.69, 9.17) is 0 Å². The van der Waals surface area contributed by atoms with Crippen LogP contribution >= 0.6 is 15.9 Å². The monoisotopic (exact) mass is 312 g/mol. The SMILES string of the molecule is CC(Nc1ccc(Br)nc1)c1ccc(F)c(F)c1. The zero-order valence-electron chi connectivity index (χ0n) is 9.62. The minimum atomic E-state index is -0.838. The lowest BCUT2D eigenvalue weighted by atomic mass is 10.1. The highest BCUT2D eigenvalue weighted by molar-refractivity contribution is 9.10. The van der Waals surface area contributed by atoms with Crippen LogP contribution in [-0.4, -0.2) is 4.98 Å². The molecule has 1 atom stereocenters. The van der Waals surface area contributed by atoms with Gasteiger partial charge in [-0.05, 0) is 52.7 Å². The summed E-state index contributed by atoms with van der Waals surface area (Å²) in [6.45, 7) is 1.87. The van der Waals surface area contributed by atoms with Gasteiger partial charge in [0.05, 0.1) is 11.9 Å². The van der Waals surface area contributed by atoms with Gasteiger partial charge < -0.3 is 5.32 Å². The third kappa shape index (κ3) is 3.04. The number of pyridine rings is 1. The van der Waals surface area contributed by atoms with E-state index in [1.165, 1.54) is 6.07 Å². The van der Waals surface area contributed by atoms with Crippen LogP contribution in [0, 0.1) is 11.6 Å². The molecule has 0 amide bonds. The Bertz CT molecular complexity index is 543. The van der Waals surface area contributed by atoms with Crippen LogP contribution in [0.25, 0.3) is 0 Å². The van der Waals surface area contributed by atoms with Crippen molar-refractivity contribution >= 4 is 21.6 Å². The van der Waals surface area contributed by atoms with Gasteiger partial charge in [-0.25, -0.2) is 13.8 Å². The predicted octanol–water partition coefficient (Wildman–Crippen LogP) is 4.30. The van der Waals surface area contributed by atoms with E-state index < -0.39 is 11.6 Å². The number of anilines is 1. The molecule has 18 heavy (non-hydrogen) atoms. The first-order valence-electron chi connectivity index (χ1n) is 5.39. The molecule has 0 aliphatic heterocycles. The van der Waals surface area contributed by atoms with Gasteiger partial charge in [0, 0.05) is 6.04 Å². The van der Waals surface area contributed by atoms with Crippen molar-refractivity contribution in [2.24, 2.45) is 0 Å². The lowest BCUT2D eigenvalue weighted by molar-refractivity contribution is 0.506. The lowest BCUT2D eigenvalue weighted by Crippen LogP contribution is -2.07. The Kier molecular flexibility index (Phi) is 3.91. The standard InChI is InChI=1S/C13H11BrF2N2/c1-8(9-2-4-11(15)12(16)6-9)18-10-3-5-13(14)17-7-10/h2-8,18H,1H3. The average Bonchev–Trinajstić information content (AvgIpc) is 2.35. The Hall–Kier alpha value is -1.49. The van der Waals surface area contributed by atoms with Crippen molar-refractivity contribution in [2.45, 2.75) is 13.0 Å². The quantitative estimate of drug-likeness (QED) is 0.855. The highest BCUT2D eigenvalue weighted by atomic mass is 79.9. The van der Waals surface area contributed by atoms with Gasteiger partial charge in [-0.1, -0.05) is 6.07 Å². The molecule has 0 saturated carbocycles. The maximum absolute atomic E-state index is 13.1. The second-order valence-electron chi connectivity index (χ2n) is 3.91. The fourth-order valence-electron chi connectivity index (χ4n) is 1.58. The van der Waals surface area contributed by atoms with E-state index in [1.807, 2.05) is 13.0 Å². The molecule has 0 spiro atoms. The fraction of sp³-hybridized carbons (Fsp3) is 0.154. The smallest absolute Gasteiger partial charge is 0.159 e. The molecule has 0 aliphatic carbocycles. The van der Waals surface area contributed by atoms with Crippen LogP contribution < -0.4 is 5.32 Å². The summed E-state index contributed by atoms with van der Waals surface area (Å²) in [4.78, 5) is 4.08. The molecule has 2 aromatic rings. The van der Waals surface area contributed by atoms with E-state index >= 15 is 0 Å². The highest BCUT2D eigenvalue weighted by Crippen LogP contribution is 2.21. The number of nitrogens with zero attached hydrogens (tertiary/aromatic N) is 1. The van der Waals surface area contributed by atoms with Crippen LogP contribution in [0.2, 0.25) is 0 Å². The van der Waals surface area contributed by atoms with Crippen LogP contribution in [-0.2, 0) is 0 Å². The average molecular weight is 313 g/mol. The van der Waals surface area contributed by atoms with Gasteiger partial charge >= 0.3 is 0 Å². The minimum Gasteiger partial charge on any atom is -0.377 e. The van der Waals surface area contributed by atoms with Crippen molar-refractivity contribution in [1.29, 1.82) is 0 Å². The summed E-state index contributed by atoms with van der Waals surface area (Å²) in [6, 6.07) is 7.40. The summed E-state index contributed by atoms with van der Waals surface area (Å²) < 4.78 is 26.7. The Labute approximate surface area is 112 Å². The molecule has 1 aromatic carbocycles. The lowest BCUT2D eigenvalue weighted by Gasteiger charge is -2.15. The van der Waals surface area contributed by atoms with Crippen molar-refractivity contribution in [3.8, 4) is 0 Å². The van der Waals surface area contributed by atoms with E-state index in [9.17, 15) is 8.78 Å². The Morgan fingerprint density at radius 3 is 2.56 bits per heavy atom. The van der Waals surface area contributed by atoms with Gasteiger partial charge in [0.25, 0.3) is 0 Å². The summed E-state index contributed by atoms with van der Waals surface area (Å²) in [7, 11) is 0. The Morgan fingerprint density at radius 1 is 1.17 bits per heavy atom. The first kappa shape index (κ1) is 13.0. The van der Waals surface area contributed by atoms with E-state index in [1.54, 1.807) is 18.3 Å². The van der Waals surface area contributed by atoms with Crippen LogP contribution in [0.15, 0.2) is 41.1 Å².